The second kappa shape index (κ2) is 15.8. The number of methoxy groups -OCH3 is 4. The molecule has 0 radical (unpaired) electrons. The van der Waals surface area contributed by atoms with Crippen LogP contribution in [0.2, 0.25) is 0 Å². The molecule has 0 unspecified atom stereocenters. The summed E-state index contributed by atoms with van der Waals surface area (Å²) in [4.78, 5) is 0. The normalized spacial score (nSPS) is 15.0. The van der Waals surface area contributed by atoms with E-state index in [9.17, 15) is 110 Å². The third kappa shape index (κ3) is 8.28. The smallest absolute Gasteiger partial charge is 0.501 e. The molecule has 0 bridgehead atoms. The Hall–Kier alpha value is -3.78. The number of rotatable bonds is 12. The van der Waals surface area contributed by atoms with E-state index in [4.69, 9.17) is 0 Å². The van der Waals surface area contributed by atoms with Crippen molar-refractivity contribution < 1.29 is 139 Å². The molecule has 1 N–H and O–H groups in total. The largest absolute Gasteiger partial charge is 0.785 e. The van der Waals surface area contributed by atoms with E-state index in [1.54, 1.807) is 0 Å². The van der Waals surface area contributed by atoms with Crippen LogP contribution in [-0.2, 0) is 41.4 Å². The third-order valence-electron chi connectivity index (χ3n) is 8.33. The molecule has 0 aliphatic heterocycles. The Morgan fingerprint density at radius 2 is 0.467 bits per heavy atom. The van der Waals surface area contributed by atoms with Crippen LogP contribution in [0.5, 0.6) is 11.5 Å². The first-order valence-electron chi connectivity index (χ1n) is 14.6. The van der Waals surface area contributed by atoms with Crippen LogP contribution >= 0.6 is 0 Å². The van der Waals surface area contributed by atoms with Crippen LogP contribution in [-0.4, -0.2) is 90.2 Å². The summed E-state index contributed by atoms with van der Waals surface area (Å²) >= 11 is 0. The monoisotopic (exact) mass is 934 g/mol. The van der Waals surface area contributed by atoms with Crippen molar-refractivity contribution >= 4 is 7.32 Å². The molecule has 2 aromatic carbocycles. The van der Waals surface area contributed by atoms with Gasteiger partial charge in [0.05, 0.1) is 0 Å². The summed E-state index contributed by atoms with van der Waals surface area (Å²) in [5.41, 5.74) is -35.1. The summed E-state index contributed by atoms with van der Waals surface area (Å²) in [5.74, 6) is -4.57. The number of halogens is 24. The first-order valence-corrected chi connectivity index (χ1v) is 14.6. The van der Waals surface area contributed by atoms with Gasteiger partial charge in [0.25, 0.3) is 22.4 Å². The zero-order valence-corrected chi connectivity index (χ0v) is 29.0. The number of alkyl halides is 24. The van der Waals surface area contributed by atoms with E-state index >= 15 is 0 Å². The highest BCUT2D eigenvalue weighted by Crippen LogP contribution is 2.59. The topological polar surface area (TPSA) is 75.6 Å². The van der Waals surface area contributed by atoms with Crippen molar-refractivity contribution in [3.8, 4) is 11.5 Å². The van der Waals surface area contributed by atoms with Gasteiger partial charge < -0.3 is 33.3 Å². The van der Waals surface area contributed by atoms with Crippen LogP contribution in [0.15, 0.2) is 36.4 Å². The zero-order chi connectivity index (χ0) is 47.5. The lowest BCUT2D eigenvalue weighted by Crippen LogP contribution is -2.57. The van der Waals surface area contributed by atoms with E-state index < -0.39 is 178 Å². The lowest BCUT2D eigenvalue weighted by Gasteiger charge is -2.39. The standard InChI is InChI=1S/C28H19BF24O7/c1-55-17(21(30,31)32,22(33,34)35)11-5-12(18(56-2,23(36,37)38)24(39,40)41)8-15(7-11)59-29(54)60-16-9-13(19(57-3,25(42,43)44)26(45,46)47)6-14(10-16)20(58-4,27(48,49)50)28(51,52)53/h5-10,54H,1-4H3. The van der Waals surface area contributed by atoms with Gasteiger partial charge in [-0.3, -0.25) is 0 Å². The molecular formula is C28H19BF24O7. The minimum atomic E-state index is -6.91. The maximum absolute atomic E-state index is 14.1. The quantitative estimate of drug-likeness (QED) is 0.168. The molecule has 0 aliphatic rings. The molecule has 0 aromatic heterocycles. The Balaban J connectivity index is 3.19. The Morgan fingerprint density at radius 1 is 0.317 bits per heavy atom. The van der Waals surface area contributed by atoms with Gasteiger partial charge in [-0.05, 0) is 36.4 Å². The molecule has 0 spiro atoms. The van der Waals surface area contributed by atoms with Crippen LogP contribution in [0.3, 0.4) is 0 Å². The van der Waals surface area contributed by atoms with E-state index in [0.717, 1.165) is 0 Å². The molecule has 0 heterocycles. The van der Waals surface area contributed by atoms with Crippen LogP contribution < -0.4 is 9.31 Å². The molecular weight excluding hydrogens is 915 g/mol. The molecule has 0 fully saturated rings. The fraction of sp³-hybridized carbons (Fsp3) is 0.571. The van der Waals surface area contributed by atoms with Crippen molar-refractivity contribution in [2.45, 2.75) is 71.8 Å². The molecule has 0 saturated heterocycles. The van der Waals surface area contributed by atoms with Crippen molar-refractivity contribution in [3.05, 3.63) is 58.7 Å². The van der Waals surface area contributed by atoms with Crippen molar-refractivity contribution in [2.24, 2.45) is 0 Å². The molecule has 2 aromatic rings. The maximum atomic E-state index is 14.1. The fourth-order valence-corrected chi connectivity index (χ4v) is 5.75. The van der Waals surface area contributed by atoms with E-state index in [1.807, 2.05) is 0 Å². The number of ether oxygens (including phenoxy) is 4. The average Bonchev–Trinajstić information content (AvgIpc) is 2.97. The Labute approximate surface area is 317 Å². The Kier molecular flexibility index (Phi) is 13.8. The molecule has 0 amide bonds. The van der Waals surface area contributed by atoms with Crippen LogP contribution in [0.1, 0.15) is 22.3 Å². The first-order chi connectivity index (χ1) is 26.5. The lowest BCUT2D eigenvalue weighted by atomic mass is 9.84. The number of hydrogen-bond acceptors (Lipinski definition) is 7. The van der Waals surface area contributed by atoms with Gasteiger partial charge in [-0.2, -0.15) is 105 Å². The number of hydrogen-bond donors (Lipinski definition) is 1. The van der Waals surface area contributed by atoms with Crippen LogP contribution in [0.4, 0.5) is 105 Å². The van der Waals surface area contributed by atoms with Gasteiger partial charge in [0.2, 0.25) is 0 Å². The van der Waals surface area contributed by atoms with Gasteiger partial charge in [-0.1, -0.05) is 0 Å². The van der Waals surface area contributed by atoms with E-state index in [2.05, 4.69) is 28.3 Å². The molecule has 32 heteroatoms. The summed E-state index contributed by atoms with van der Waals surface area (Å²) < 4.78 is 361. The average molecular weight is 934 g/mol. The molecule has 0 atom stereocenters. The van der Waals surface area contributed by atoms with Gasteiger partial charge in [0, 0.05) is 50.7 Å². The fourth-order valence-electron chi connectivity index (χ4n) is 5.75. The highest BCUT2D eigenvalue weighted by atomic mass is 19.4. The van der Waals surface area contributed by atoms with Crippen LogP contribution in [0, 0.1) is 0 Å². The van der Waals surface area contributed by atoms with Crippen molar-refractivity contribution in [1.82, 2.24) is 0 Å². The minimum Gasteiger partial charge on any atom is -0.501 e. The van der Waals surface area contributed by atoms with E-state index in [0.29, 0.717) is 0 Å². The minimum absolute atomic E-state index is 0.419. The first kappa shape index (κ1) is 52.4. The highest BCUT2D eigenvalue weighted by Gasteiger charge is 2.78. The second-order valence-electron chi connectivity index (χ2n) is 11.6. The van der Waals surface area contributed by atoms with Gasteiger partial charge in [-0.25, -0.2) is 0 Å². The summed E-state index contributed by atoms with van der Waals surface area (Å²) in [5, 5.41) is 10.3. The lowest BCUT2D eigenvalue weighted by molar-refractivity contribution is -0.386. The summed E-state index contributed by atoms with van der Waals surface area (Å²) in [6.45, 7) is 0. The van der Waals surface area contributed by atoms with E-state index in [-0.39, 0.29) is 0 Å². The van der Waals surface area contributed by atoms with Crippen molar-refractivity contribution in [1.29, 1.82) is 0 Å². The summed E-state index contributed by atoms with van der Waals surface area (Å²) in [6.07, 6.45) is -55.3. The predicted octanol–water partition coefficient (Wildman–Crippen LogP) is 9.99. The van der Waals surface area contributed by atoms with Crippen molar-refractivity contribution in [2.75, 3.05) is 28.4 Å². The van der Waals surface area contributed by atoms with Gasteiger partial charge in [0.15, 0.2) is 0 Å². The molecule has 0 saturated carbocycles. The van der Waals surface area contributed by atoms with Crippen LogP contribution in [0.25, 0.3) is 0 Å². The molecule has 344 valence electrons. The molecule has 7 nitrogen and oxygen atoms in total. The zero-order valence-electron chi connectivity index (χ0n) is 29.0. The SMILES string of the molecule is COC(c1cc(OB(O)Oc2cc(C(OC)(C(F)(F)F)C(F)(F)F)cc(C(OC)(C(F)(F)F)C(F)(F)F)c2)cc(C(OC)(C(F)(F)F)C(F)(F)F)c1)(C(F)(F)F)C(F)(F)F. The van der Waals surface area contributed by atoms with Crippen molar-refractivity contribution in [3.63, 3.8) is 0 Å². The van der Waals surface area contributed by atoms with Gasteiger partial charge >= 0.3 is 56.7 Å². The second-order valence-corrected chi connectivity index (χ2v) is 11.6. The Bertz CT molecular complexity index is 1500. The maximum Gasteiger partial charge on any atom is 0.785 e. The van der Waals surface area contributed by atoms with E-state index in [1.165, 1.54) is 0 Å². The van der Waals surface area contributed by atoms with Gasteiger partial charge in [0.1, 0.15) is 11.5 Å². The predicted molar refractivity (Wildman–Crippen MR) is 145 cm³/mol. The summed E-state index contributed by atoms with van der Waals surface area (Å²) in [7, 11) is -5.62. The third-order valence-corrected chi connectivity index (χ3v) is 8.33. The molecule has 0 aliphatic carbocycles. The molecule has 60 heavy (non-hydrogen) atoms. The number of benzene rings is 2. The highest BCUT2D eigenvalue weighted by molar-refractivity contribution is 6.36. The summed E-state index contributed by atoms with van der Waals surface area (Å²) in [6, 6.07) is -5.27. The molecule has 2 rings (SSSR count). The Morgan fingerprint density at radius 3 is 0.583 bits per heavy atom. The van der Waals surface area contributed by atoms with Gasteiger partial charge in [-0.15, -0.1) is 0 Å².